The molecular formula is C16H29IN4O2S. The molecule has 0 spiro atoms. The van der Waals surface area contributed by atoms with Crippen molar-refractivity contribution in [3.8, 4) is 0 Å². The molecule has 6 nitrogen and oxygen atoms in total. The van der Waals surface area contributed by atoms with Crippen molar-refractivity contribution >= 4 is 40.0 Å². The fourth-order valence-electron chi connectivity index (χ4n) is 2.08. The van der Waals surface area contributed by atoms with E-state index in [9.17, 15) is 8.42 Å². The summed E-state index contributed by atoms with van der Waals surface area (Å²) in [4.78, 5) is 4.51. The molecule has 0 amide bonds. The Morgan fingerprint density at radius 3 is 2.50 bits per heavy atom. The van der Waals surface area contributed by atoms with E-state index in [0.29, 0.717) is 11.5 Å². The third kappa shape index (κ3) is 7.35. The molecule has 1 aromatic rings. The van der Waals surface area contributed by atoms with Crippen LogP contribution in [0, 0.1) is 0 Å². The largest absolute Gasteiger partial charge is 0.370 e. The van der Waals surface area contributed by atoms with Gasteiger partial charge in [-0.1, -0.05) is 44.4 Å². The van der Waals surface area contributed by atoms with Crippen LogP contribution in [0.2, 0.25) is 0 Å². The standard InChI is InChI=1S/C16H28N4O2S.HI/c1-4-5-6-9-12-18-16(17)19-13-14-10-7-8-11-15(14)23(21,22)20(2)3;/h7-8,10-11H,4-6,9,12-13H2,1-3H3,(H3,17,18,19);1H. The zero-order valence-electron chi connectivity index (χ0n) is 14.7. The van der Waals surface area contributed by atoms with Crippen LogP contribution in [-0.2, 0) is 16.6 Å². The van der Waals surface area contributed by atoms with E-state index in [0.717, 1.165) is 13.0 Å². The van der Waals surface area contributed by atoms with E-state index in [2.05, 4.69) is 17.2 Å². The number of benzene rings is 1. The Bertz CT molecular complexity index is 618. The Balaban J connectivity index is 0.00000529. The smallest absolute Gasteiger partial charge is 0.242 e. The number of aliphatic imine (C=N–C) groups is 1. The van der Waals surface area contributed by atoms with Crippen LogP contribution in [0.25, 0.3) is 0 Å². The maximum Gasteiger partial charge on any atom is 0.242 e. The van der Waals surface area contributed by atoms with Gasteiger partial charge in [-0.3, -0.25) is 0 Å². The molecule has 0 saturated carbocycles. The summed E-state index contributed by atoms with van der Waals surface area (Å²) in [5.74, 6) is 0.346. The van der Waals surface area contributed by atoms with E-state index in [1.54, 1.807) is 24.3 Å². The van der Waals surface area contributed by atoms with Gasteiger partial charge in [-0.05, 0) is 18.1 Å². The fourth-order valence-corrected chi connectivity index (χ4v) is 3.19. The molecular weight excluding hydrogens is 439 g/mol. The molecule has 0 aromatic heterocycles. The minimum Gasteiger partial charge on any atom is -0.370 e. The molecule has 3 N–H and O–H groups in total. The number of nitrogens with zero attached hydrogens (tertiary/aromatic N) is 2. The molecule has 0 fully saturated rings. The molecule has 0 heterocycles. The van der Waals surface area contributed by atoms with Gasteiger partial charge in [-0.2, -0.15) is 0 Å². The molecule has 138 valence electrons. The van der Waals surface area contributed by atoms with Crippen molar-refractivity contribution < 1.29 is 8.42 Å². The molecule has 0 unspecified atom stereocenters. The molecule has 1 aromatic carbocycles. The number of unbranched alkanes of at least 4 members (excludes halogenated alkanes) is 3. The quantitative estimate of drug-likeness (QED) is 0.252. The summed E-state index contributed by atoms with van der Waals surface area (Å²) < 4.78 is 25.8. The van der Waals surface area contributed by atoms with Crippen molar-refractivity contribution in [2.45, 2.75) is 44.0 Å². The van der Waals surface area contributed by atoms with Crippen molar-refractivity contribution in [2.75, 3.05) is 20.6 Å². The zero-order valence-corrected chi connectivity index (χ0v) is 17.8. The second kappa shape index (κ2) is 11.6. The Morgan fingerprint density at radius 2 is 1.88 bits per heavy atom. The van der Waals surface area contributed by atoms with Gasteiger partial charge in [0.2, 0.25) is 10.0 Å². The Kier molecular flexibility index (Phi) is 11.2. The highest BCUT2D eigenvalue weighted by Gasteiger charge is 2.20. The Hall–Kier alpha value is -0.870. The normalized spacial score (nSPS) is 12.1. The van der Waals surface area contributed by atoms with Gasteiger partial charge in [-0.15, -0.1) is 24.0 Å². The monoisotopic (exact) mass is 468 g/mol. The van der Waals surface area contributed by atoms with Gasteiger partial charge in [0.1, 0.15) is 0 Å². The molecule has 0 saturated heterocycles. The average Bonchev–Trinajstić information content (AvgIpc) is 2.52. The van der Waals surface area contributed by atoms with Crippen LogP contribution < -0.4 is 11.1 Å². The first kappa shape index (κ1) is 23.1. The first-order chi connectivity index (χ1) is 10.9. The predicted molar refractivity (Wildman–Crippen MR) is 110 cm³/mol. The summed E-state index contributed by atoms with van der Waals surface area (Å²) in [6, 6.07) is 6.86. The van der Waals surface area contributed by atoms with Crippen molar-refractivity contribution in [1.82, 2.24) is 9.62 Å². The van der Waals surface area contributed by atoms with E-state index in [1.807, 2.05) is 0 Å². The summed E-state index contributed by atoms with van der Waals surface area (Å²) in [5.41, 5.74) is 6.47. The van der Waals surface area contributed by atoms with Gasteiger partial charge in [-0.25, -0.2) is 17.7 Å². The second-order valence-electron chi connectivity index (χ2n) is 5.58. The third-order valence-corrected chi connectivity index (χ3v) is 5.40. The van der Waals surface area contributed by atoms with Crippen LogP contribution in [0.3, 0.4) is 0 Å². The topological polar surface area (TPSA) is 87.8 Å². The van der Waals surface area contributed by atoms with Crippen molar-refractivity contribution in [3.63, 3.8) is 0 Å². The number of nitrogens with two attached hydrogens (primary N) is 1. The van der Waals surface area contributed by atoms with Gasteiger partial charge >= 0.3 is 0 Å². The lowest BCUT2D eigenvalue weighted by atomic mass is 10.2. The number of sulfonamides is 1. The van der Waals surface area contributed by atoms with Crippen molar-refractivity contribution in [3.05, 3.63) is 29.8 Å². The van der Waals surface area contributed by atoms with E-state index in [1.165, 1.54) is 37.7 Å². The lowest BCUT2D eigenvalue weighted by Crippen LogP contribution is -2.32. The number of nitrogens with one attached hydrogen (secondary N) is 1. The van der Waals surface area contributed by atoms with Gasteiger partial charge < -0.3 is 11.1 Å². The van der Waals surface area contributed by atoms with Crippen molar-refractivity contribution in [1.29, 1.82) is 0 Å². The van der Waals surface area contributed by atoms with Crippen LogP contribution in [0.1, 0.15) is 38.2 Å². The van der Waals surface area contributed by atoms with Gasteiger partial charge in [0.15, 0.2) is 5.96 Å². The lowest BCUT2D eigenvalue weighted by Gasteiger charge is -2.14. The molecule has 1 rings (SSSR count). The minimum atomic E-state index is -3.48. The number of halogens is 1. The summed E-state index contributed by atoms with van der Waals surface area (Å²) >= 11 is 0. The number of guanidine groups is 1. The second-order valence-corrected chi connectivity index (χ2v) is 7.70. The molecule has 0 bridgehead atoms. The molecule has 0 aliphatic heterocycles. The maximum atomic E-state index is 12.3. The summed E-state index contributed by atoms with van der Waals surface area (Å²) in [6.45, 7) is 3.19. The SMILES string of the molecule is CCCCCCNC(N)=NCc1ccccc1S(=O)(=O)N(C)C.I. The minimum absolute atomic E-state index is 0. The molecule has 24 heavy (non-hydrogen) atoms. The first-order valence-corrected chi connectivity index (χ1v) is 9.37. The van der Waals surface area contributed by atoms with Gasteiger partial charge in [0, 0.05) is 20.6 Å². The molecule has 0 aliphatic carbocycles. The van der Waals surface area contributed by atoms with E-state index in [-0.39, 0.29) is 35.4 Å². The van der Waals surface area contributed by atoms with E-state index in [4.69, 9.17) is 5.73 Å². The fraction of sp³-hybridized carbons (Fsp3) is 0.562. The summed E-state index contributed by atoms with van der Waals surface area (Å²) in [7, 11) is -0.449. The Labute approximate surface area is 163 Å². The van der Waals surface area contributed by atoms with Gasteiger partial charge in [0.05, 0.1) is 11.4 Å². The third-order valence-electron chi connectivity index (χ3n) is 3.49. The highest BCUT2D eigenvalue weighted by molar-refractivity contribution is 14.0. The van der Waals surface area contributed by atoms with Crippen LogP contribution in [0.5, 0.6) is 0 Å². The first-order valence-electron chi connectivity index (χ1n) is 7.93. The average molecular weight is 468 g/mol. The highest BCUT2D eigenvalue weighted by Crippen LogP contribution is 2.19. The molecule has 0 aliphatic rings. The number of hydrogen-bond acceptors (Lipinski definition) is 3. The van der Waals surface area contributed by atoms with Crippen LogP contribution in [0.4, 0.5) is 0 Å². The maximum absolute atomic E-state index is 12.3. The van der Waals surface area contributed by atoms with Crippen LogP contribution in [-0.4, -0.2) is 39.3 Å². The molecule has 0 atom stereocenters. The molecule has 0 radical (unpaired) electrons. The Morgan fingerprint density at radius 1 is 1.21 bits per heavy atom. The van der Waals surface area contributed by atoms with E-state index < -0.39 is 10.0 Å². The van der Waals surface area contributed by atoms with Gasteiger partial charge in [0.25, 0.3) is 0 Å². The number of rotatable bonds is 9. The predicted octanol–water partition coefficient (Wildman–Crippen LogP) is 2.54. The van der Waals surface area contributed by atoms with Crippen molar-refractivity contribution in [2.24, 2.45) is 10.7 Å². The lowest BCUT2D eigenvalue weighted by molar-refractivity contribution is 0.519. The molecule has 8 heteroatoms. The highest BCUT2D eigenvalue weighted by atomic mass is 127. The zero-order chi connectivity index (χ0) is 17.3. The summed E-state index contributed by atoms with van der Waals surface area (Å²) in [6.07, 6.45) is 4.63. The summed E-state index contributed by atoms with van der Waals surface area (Å²) in [5, 5.41) is 3.06. The van der Waals surface area contributed by atoms with Crippen LogP contribution >= 0.6 is 24.0 Å². The van der Waals surface area contributed by atoms with E-state index >= 15 is 0 Å². The number of hydrogen-bond donors (Lipinski definition) is 2. The van der Waals surface area contributed by atoms with Crippen LogP contribution in [0.15, 0.2) is 34.2 Å².